The third-order valence-electron chi connectivity index (χ3n) is 1.08. The van der Waals surface area contributed by atoms with Gasteiger partial charge in [-0.3, -0.25) is 0 Å². The Labute approximate surface area is 108 Å². The van der Waals surface area contributed by atoms with Gasteiger partial charge in [0.1, 0.15) is 3.58 Å². The minimum Gasteiger partial charge on any atom is -0.462 e. The molecule has 0 aliphatic heterocycles. The van der Waals surface area contributed by atoms with Crippen LogP contribution in [0.3, 0.4) is 0 Å². The topological polar surface area (TPSA) is 26.3 Å². The zero-order valence-electron chi connectivity index (χ0n) is 6.57. The van der Waals surface area contributed by atoms with Crippen molar-refractivity contribution in [3.05, 3.63) is 6.07 Å². The lowest BCUT2D eigenvalue weighted by atomic mass is 10.4. The zero-order chi connectivity index (χ0) is 9.56. The van der Waals surface area contributed by atoms with E-state index in [4.69, 9.17) is 4.74 Å². The summed E-state index contributed by atoms with van der Waals surface area (Å²) in [6.07, 6.45) is 1.97. The second-order valence-electron chi connectivity index (χ2n) is 2.06. The molecule has 0 rings (SSSR count). The molecule has 0 aromatic carbocycles. The highest BCUT2D eigenvalue weighted by atomic mass is 127. The summed E-state index contributed by atoms with van der Waals surface area (Å²) in [5, 5.41) is 0. The molecule has 70 valence electrons. The Morgan fingerprint density at radius 3 is 2.50 bits per heavy atom. The number of rotatable bonds is 4. The zero-order valence-corrected chi connectivity index (χ0v) is 12.5. The van der Waals surface area contributed by atoms with Gasteiger partial charge in [-0.1, -0.05) is 13.3 Å². The van der Waals surface area contributed by atoms with Gasteiger partial charge in [0.15, 0.2) is 0 Å². The summed E-state index contributed by atoms with van der Waals surface area (Å²) in [7, 11) is 0. The van der Waals surface area contributed by atoms with E-state index in [9.17, 15) is 4.79 Å². The summed E-state index contributed by atoms with van der Waals surface area (Å²) in [6, 6.07) is 0. The van der Waals surface area contributed by atoms with Gasteiger partial charge in [-0.25, -0.2) is 4.79 Å². The van der Waals surface area contributed by atoms with E-state index in [-0.39, 0.29) is 5.97 Å². The number of hydrogen-bond acceptors (Lipinski definition) is 2. The Balaban J connectivity index is 3.81. The fourth-order valence-electron chi connectivity index (χ4n) is 0.450. The third-order valence-corrected chi connectivity index (χ3v) is 4.77. The van der Waals surface area contributed by atoms with Gasteiger partial charge in [0.05, 0.1) is 9.10 Å². The van der Waals surface area contributed by atoms with E-state index in [1.165, 1.54) is 0 Å². The number of carbonyl (C=O) groups is 1. The molecule has 0 aliphatic rings. The van der Waals surface area contributed by atoms with Crippen molar-refractivity contribution >= 4 is 67.1 Å². The number of ether oxygens (including phenoxy) is 1. The van der Waals surface area contributed by atoms with Gasteiger partial charge in [-0.2, -0.15) is 0 Å². The van der Waals surface area contributed by atoms with E-state index >= 15 is 0 Å². The lowest BCUT2D eigenvalue weighted by Gasteiger charge is -2.02. The van der Waals surface area contributed by atoms with E-state index in [0.717, 1.165) is 15.3 Å². The van der Waals surface area contributed by atoms with Crippen LogP contribution in [0.1, 0.15) is 19.8 Å². The molecule has 0 unspecified atom stereocenters. The molecule has 12 heavy (non-hydrogen) atoms. The Morgan fingerprint density at radius 2 is 2.08 bits per heavy atom. The predicted octanol–water partition coefficient (Wildman–Crippen LogP) is 3.76. The fourth-order valence-corrected chi connectivity index (χ4v) is 0.987. The number of hydrogen-bond donors (Lipinski definition) is 0. The Morgan fingerprint density at radius 1 is 1.50 bits per heavy atom. The van der Waals surface area contributed by atoms with Gasteiger partial charge in [-0.15, -0.1) is 0 Å². The molecular formula is C7H9BrI2O2. The minimum absolute atomic E-state index is 0.245. The van der Waals surface area contributed by atoms with E-state index in [0.29, 0.717) is 10.2 Å². The number of esters is 1. The Kier molecular flexibility index (Phi) is 8.27. The van der Waals surface area contributed by atoms with E-state index in [1.807, 2.05) is 45.2 Å². The van der Waals surface area contributed by atoms with Crippen molar-refractivity contribution in [3.8, 4) is 0 Å². The van der Waals surface area contributed by atoms with Crippen LogP contribution < -0.4 is 0 Å². The van der Waals surface area contributed by atoms with Gasteiger partial charge in [0.2, 0.25) is 0 Å². The highest BCUT2D eigenvalue weighted by Crippen LogP contribution is 2.25. The monoisotopic (exact) mass is 458 g/mol. The Hall–Kier alpha value is 1.15. The SMILES string of the molecule is CCCCOC(=O)/C(I)=C(/Br)I. The van der Waals surface area contributed by atoms with Crippen LogP contribution in [0, 0.1) is 0 Å². The molecule has 0 radical (unpaired) electrons. The van der Waals surface area contributed by atoms with Crippen molar-refractivity contribution in [2.24, 2.45) is 0 Å². The summed E-state index contributed by atoms with van der Waals surface area (Å²) in [5.74, 6) is -0.245. The fraction of sp³-hybridized carbons (Fsp3) is 0.571. The molecule has 0 aliphatic carbocycles. The van der Waals surface area contributed by atoms with Crippen LogP contribution in [0.2, 0.25) is 0 Å². The molecule has 0 aromatic heterocycles. The largest absolute Gasteiger partial charge is 0.462 e. The lowest BCUT2D eigenvalue weighted by molar-refractivity contribution is -0.138. The first-order chi connectivity index (χ1) is 5.59. The highest BCUT2D eigenvalue weighted by Gasteiger charge is 2.09. The third kappa shape index (κ3) is 5.74. The van der Waals surface area contributed by atoms with Gasteiger partial charge < -0.3 is 4.74 Å². The van der Waals surface area contributed by atoms with Crippen LogP contribution in [-0.4, -0.2) is 12.6 Å². The maximum absolute atomic E-state index is 11.1. The van der Waals surface area contributed by atoms with Gasteiger partial charge in [-0.05, 0) is 67.5 Å². The summed E-state index contributed by atoms with van der Waals surface area (Å²) < 4.78 is 6.36. The smallest absolute Gasteiger partial charge is 0.345 e. The first-order valence-electron chi connectivity index (χ1n) is 3.47. The summed E-state index contributed by atoms with van der Waals surface area (Å²) >= 11 is 7.20. The minimum atomic E-state index is -0.245. The molecule has 0 saturated heterocycles. The maximum Gasteiger partial charge on any atom is 0.345 e. The predicted molar refractivity (Wildman–Crippen MR) is 69.9 cm³/mol. The van der Waals surface area contributed by atoms with Crippen LogP contribution in [-0.2, 0) is 9.53 Å². The molecule has 0 saturated carbocycles. The van der Waals surface area contributed by atoms with Crippen molar-refractivity contribution in [2.75, 3.05) is 6.61 Å². The average Bonchev–Trinajstić information content (AvgIpc) is 2.03. The molecule has 0 N–H and O–H groups in total. The van der Waals surface area contributed by atoms with Crippen LogP contribution in [0.25, 0.3) is 0 Å². The Bertz CT molecular complexity index is 188. The normalized spacial score (nSPS) is 12.3. The summed E-state index contributed by atoms with van der Waals surface area (Å²) in [4.78, 5) is 11.1. The van der Waals surface area contributed by atoms with Crippen LogP contribution in [0.5, 0.6) is 0 Å². The van der Waals surface area contributed by atoms with E-state index in [1.54, 1.807) is 0 Å². The van der Waals surface area contributed by atoms with Gasteiger partial charge >= 0.3 is 5.97 Å². The second kappa shape index (κ2) is 7.54. The molecule has 0 amide bonds. The van der Waals surface area contributed by atoms with Gasteiger partial charge in [0, 0.05) is 0 Å². The standard InChI is InChI=1S/C7H9BrI2O2/c1-2-3-4-12-7(11)5(9)6(8)10/h2-4H2,1H3/b6-5+. The molecular weight excluding hydrogens is 450 g/mol. The van der Waals surface area contributed by atoms with Crippen LogP contribution in [0.4, 0.5) is 0 Å². The molecule has 0 spiro atoms. The van der Waals surface area contributed by atoms with Crippen LogP contribution >= 0.6 is 61.1 Å². The molecule has 2 nitrogen and oxygen atoms in total. The van der Waals surface area contributed by atoms with Crippen molar-refractivity contribution < 1.29 is 9.53 Å². The van der Waals surface area contributed by atoms with Crippen molar-refractivity contribution in [3.63, 3.8) is 0 Å². The molecule has 0 bridgehead atoms. The first-order valence-corrected chi connectivity index (χ1v) is 6.42. The van der Waals surface area contributed by atoms with Crippen molar-refractivity contribution in [2.45, 2.75) is 19.8 Å². The first kappa shape index (κ1) is 13.2. The average molecular weight is 459 g/mol. The van der Waals surface area contributed by atoms with Crippen molar-refractivity contribution in [1.82, 2.24) is 0 Å². The number of halogens is 3. The van der Waals surface area contributed by atoms with Gasteiger partial charge in [0.25, 0.3) is 0 Å². The van der Waals surface area contributed by atoms with E-state index in [2.05, 4.69) is 22.9 Å². The molecule has 5 heteroatoms. The lowest BCUT2D eigenvalue weighted by Crippen LogP contribution is -2.05. The highest BCUT2D eigenvalue weighted by molar-refractivity contribution is 14.1. The molecule has 0 fully saturated rings. The molecule has 0 heterocycles. The van der Waals surface area contributed by atoms with Crippen molar-refractivity contribution in [1.29, 1.82) is 0 Å². The van der Waals surface area contributed by atoms with Crippen LogP contribution in [0.15, 0.2) is 6.07 Å². The van der Waals surface area contributed by atoms with E-state index < -0.39 is 0 Å². The summed E-state index contributed by atoms with van der Waals surface area (Å²) in [6.45, 7) is 2.57. The number of carbonyl (C=O) groups excluding carboxylic acids is 1. The number of unbranched alkanes of at least 4 members (excludes halogenated alkanes) is 1. The second-order valence-corrected chi connectivity index (χ2v) is 6.50. The quantitative estimate of drug-likeness (QED) is 0.277. The maximum atomic E-state index is 11.1. The molecule has 0 atom stereocenters. The summed E-state index contributed by atoms with van der Waals surface area (Å²) in [5.41, 5.74) is 0. The molecule has 0 aromatic rings.